The van der Waals surface area contributed by atoms with Gasteiger partial charge >= 0.3 is 0 Å². The van der Waals surface area contributed by atoms with Gasteiger partial charge in [0.2, 0.25) is 0 Å². The third kappa shape index (κ3) is 4.66. The molecule has 0 unspecified atom stereocenters. The van der Waals surface area contributed by atoms with Crippen LogP contribution < -0.4 is 9.64 Å². The van der Waals surface area contributed by atoms with Crippen molar-refractivity contribution in [1.29, 1.82) is 0 Å². The summed E-state index contributed by atoms with van der Waals surface area (Å²) in [5, 5.41) is 7.34. The van der Waals surface area contributed by atoms with E-state index in [1.165, 1.54) is 32.3 Å². The highest BCUT2D eigenvalue weighted by atomic mass is 16.5. The van der Waals surface area contributed by atoms with Crippen LogP contribution in [0.3, 0.4) is 0 Å². The summed E-state index contributed by atoms with van der Waals surface area (Å²) in [6.45, 7) is 0. The highest BCUT2D eigenvalue weighted by Gasteiger charge is 2.28. The van der Waals surface area contributed by atoms with Gasteiger partial charge in [-0.05, 0) is 104 Å². The van der Waals surface area contributed by atoms with Gasteiger partial charge < -0.3 is 9.64 Å². The molecule has 1 aliphatic rings. The van der Waals surface area contributed by atoms with Gasteiger partial charge in [0, 0.05) is 16.9 Å². The predicted molar refractivity (Wildman–Crippen MR) is 219 cm³/mol. The molecule has 10 aromatic rings. The number of anilines is 3. The first-order valence-corrected chi connectivity index (χ1v) is 18.0. The van der Waals surface area contributed by atoms with Gasteiger partial charge in [-0.15, -0.1) is 0 Å². The maximum absolute atomic E-state index is 6.83. The molecule has 0 atom stereocenters. The minimum atomic E-state index is 0.816. The lowest BCUT2D eigenvalue weighted by Crippen LogP contribution is -2.16. The van der Waals surface area contributed by atoms with Crippen LogP contribution >= 0.6 is 0 Å². The summed E-state index contributed by atoms with van der Waals surface area (Å²) in [6, 6.07) is 66.6. The number of fused-ring (bicyclic) bond motifs is 9. The zero-order valence-corrected chi connectivity index (χ0v) is 28.6. The van der Waals surface area contributed by atoms with Crippen LogP contribution in [0, 0.1) is 0 Å². The molecule has 1 aromatic heterocycles. The molecule has 0 bridgehead atoms. The SMILES string of the molecule is c1ccc(-c2nc3ccc(-c4ccc5c(c4)N(c4ccccc4)c4cc6c7ccccc7c7ccccc7c6cc4O5)cc3n2-c2ccccc2)cc1. The van der Waals surface area contributed by atoms with Gasteiger partial charge in [0.15, 0.2) is 11.5 Å². The summed E-state index contributed by atoms with van der Waals surface area (Å²) in [6.07, 6.45) is 0. The number of imidazole rings is 1. The number of para-hydroxylation sites is 2. The number of aromatic nitrogens is 2. The van der Waals surface area contributed by atoms with Crippen LogP contribution in [0.2, 0.25) is 0 Å². The van der Waals surface area contributed by atoms with Crippen molar-refractivity contribution >= 4 is 60.4 Å². The minimum absolute atomic E-state index is 0.816. The van der Waals surface area contributed by atoms with Crippen molar-refractivity contribution in [2.45, 2.75) is 0 Å². The van der Waals surface area contributed by atoms with Crippen molar-refractivity contribution in [3.63, 3.8) is 0 Å². The Kier molecular flexibility index (Phi) is 6.52. The van der Waals surface area contributed by atoms with Crippen LogP contribution in [-0.2, 0) is 0 Å². The molecule has 0 saturated carbocycles. The van der Waals surface area contributed by atoms with Crippen LogP contribution in [0.15, 0.2) is 188 Å². The van der Waals surface area contributed by atoms with Gasteiger partial charge in [-0.3, -0.25) is 4.57 Å². The molecule has 0 radical (unpaired) electrons. The molecule has 4 heteroatoms. The maximum Gasteiger partial charge on any atom is 0.152 e. The topological polar surface area (TPSA) is 30.3 Å². The molecule has 11 rings (SSSR count). The minimum Gasteiger partial charge on any atom is -0.453 e. The first-order chi connectivity index (χ1) is 26.3. The Morgan fingerprint density at radius 2 is 0.906 bits per heavy atom. The van der Waals surface area contributed by atoms with E-state index in [2.05, 4.69) is 191 Å². The second-order valence-electron chi connectivity index (χ2n) is 13.6. The van der Waals surface area contributed by atoms with Crippen molar-refractivity contribution in [3.05, 3.63) is 188 Å². The lowest BCUT2D eigenvalue weighted by atomic mass is 9.93. The third-order valence-corrected chi connectivity index (χ3v) is 10.5. The van der Waals surface area contributed by atoms with Crippen molar-refractivity contribution in [2.24, 2.45) is 0 Å². The Hall–Kier alpha value is -7.17. The second kappa shape index (κ2) is 11.7. The number of benzene rings is 9. The second-order valence-corrected chi connectivity index (χ2v) is 13.6. The van der Waals surface area contributed by atoms with Crippen molar-refractivity contribution in [2.75, 3.05) is 4.90 Å². The molecule has 0 N–H and O–H groups in total. The van der Waals surface area contributed by atoms with E-state index in [1.807, 2.05) is 6.07 Å². The van der Waals surface area contributed by atoms with E-state index in [4.69, 9.17) is 9.72 Å². The van der Waals surface area contributed by atoms with Gasteiger partial charge in [0.25, 0.3) is 0 Å². The Morgan fingerprint density at radius 1 is 0.377 bits per heavy atom. The lowest BCUT2D eigenvalue weighted by Gasteiger charge is -2.34. The number of hydrogen-bond acceptors (Lipinski definition) is 3. The first-order valence-electron chi connectivity index (χ1n) is 18.0. The molecule has 0 spiro atoms. The molecular weight excluding hydrogens is 647 g/mol. The summed E-state index contributed by atoms with van der Waals surface area (Å²) < 4.78 is 9.10. The summed E-state index contributed by atoms with van der Waals surface area (Å²) in [4.78, 5) is 7.49. The van der Waals surface area contributed by atoms with E-state index in [9.17, 15) is 0 Å². The normalized spacial score (nSPS) is 12.3. The van der Waals surface area contributed by atoms with E-state index < -0.39 is 0 Å². The number of hydrogen-bond donors (Lipinski definition) is 0. The Morgan fingerprint density at radius 3 is 1.58 bits per heavy atom. The molecule has 0 amide bonds. The molecule has 0 saturated heterocycles. The average Bonchev–Trinajstić information content (AvgIpc) is 3.62. The molecule has 4 nitrogen and oxygen atoms in total. The molecule has 2 heterocycles. The fraction of sp³-hybridized carbons (Fsp3) is 0. The summed E-state index contributed by atoms with van der Waals surface area (Å²) >= 11 is 0. The highest BCUT2D eigenvalue weighted by Crippen LogP contribution is 2.53. The fourth-order valence-corrected chi connectivity index (χ4v) is 8.11. The monoisotopic (exact) mass is 677 g/mol. The average molecular weight is 678 g/mol. The zero-order valence-electron chi connectivity index (χ0n) is 28.6. The summed E-state index contributed by atoms with van der Waals surface area (Å²) in [7, 11) is 0. The van der Waals surface area contributed by atoms with Crippen LogP contribution in [0.1, 0.15) is 0 Å². The molecule has 0 fully saturated rings. The van der Waals surface area contributed by atoms with Crippen LogP contribution in [0.25, 0.3) is 71.6 Å². The fourth-order valence-electron chi connectivity index (χ4n) is 8.11. The quantitative estimate of drug-likeness (QED) is 0.174. The van der Waals surface area contributed by atoms with Gasteiger partial charge in [0.05, 0.1) is 22.4 Å². The highest BCUT2D eigenvalue weighted by molar-refractivity contribution is 6.26. The maximum atomic E-state index is 6.83. The first kappa shape index (κ1) is 29.5. The van der Waals surface area contributed by atoms with Gasteiger partial charge in [-0.1, -0.05) is 127 Å². The molecular formula is C49H31N3O. The number of nitrogens with zero attached hydrogens (tertiary/aromatic N) is 3. The van der Waals surface area contributed by atoms with E-state index >= 15 is 0 Å². The Labute approximate surface area is 306 Å². The van der Waals surface area contributed by atoms with Crippen LogP contribution in [-0.4, -0.2) is 9.55 Å². The predicted octanol–water partition coefficient (Wildman–Crippen LogP) is 13.4. The van der Waals surface area contributed by atoms with Gasteiger partial charge in [0.1, 0.15) is 5.82 Å². The van der Waals surface area contributed by atoms with Crippen LogP contribution in [0.5, 0.6) is 11.5 Å². The number of ether oxygens (including phenoxy) is 1. The van der Waals surface area contributed by atoms with Gasteiger partial charge in [-0.25, -0.2) is 4.98 Å². The van der Waals surface area contributed by atoms with E-state index in [1.54, 1.807) is 0 Å². The van der Waals surface area contributed by atoms with E-state index in [0.29, 0.717) is 0 Å². The molecule has 0 aliphatic carbocycles. The van der Waals surface area contributed by atoms with Crippen molar-refractivity contribution in [1.82, 2.24) is 9.55 Å². The van der Waals surface area contributed by atoms with Crippen molar-refractivity contribution < 1.29 is 4.74 Å². The van der Waals surface area contributed by atoms with Crippen LogP contribution in [0.4, 0.5) is 17.1 Å². The van der Waals surface area contributed by atoms with E-state index in [0.717, 1.165) is 67.8 Å². The Bertz CT molecular complexity index is 3020. The summed E-state index contributed by atoms with van der Waals surface area (Å²) in [5.74, 6) is 2.57. The van der Waals surface area contributed by atoms with E-state index in [-0.39, 0.29) is 0 Å². The largest absolute Gasteiger partial charge is 0.453 e. The van der Waals surface area contributed by atoms with Crippen molar-refractivity contribution in [3.8, 4) is 39.7 Å². The smallest absolute Gasteiger partial charge is 0.152 e. The lowest BCUT2D eigenvalue weighted by molar-refractivity contribution is 0.478. The molecule has 248 valence electrons. The third-order valence-electron chi connectivity index (χ3n) is 10.5. The zero-order chi connectivity index (χ0) is 34.9. The summed E-state index contributed by atoms with van der Waals surface area (Å²) in [5.41, 5.74) is 9.43. The standard InChI is InChI=1S/C49H31N3O/c1-4-14-32(15-5-1)49-50-43-26-24-33(28-44(43)52(49)36-18-8-3-9-19-36)34-25-27-47-45(29-34)51(35-16-6-2-7-17-35)46-30-41-39-22-12-10-20-37(39)38-21-11-13-23-40(38)42(41)31-48(46)53-47/h1-31H. The Balaban J connectivity index is 1.11. The molecule has 1 aliphatic heterocycles. The molecule has 9 aromatic carbocycles. The number of rotatable bonds is 4. The molecule has 53 heavy (non-hydrogen) atoms. The van der Waals surface area contributed by atoms with Gasteiger partial charge in [-0.2, -0.15) is 0 Å².